The first-order valence-corrected chi connectivity index (χ1v) is 10.5. The van der Waals surface area contributed by atoms with E-state index < -0.39 is 0 Å². The molecule has 3 aromatic rings. The molecular weight excluding hydrogens is 427 g/mol. The Morgan fingerprint density at radius 3 is 2.27 bits per heavy atom. The molecule has 0 unspecified atom stereocenters. The highest BCUT2D eigenvalue weighted by Gasteiger charge is 2.25. The molecule has 3 heterocycles. The first-order valence-electron chi connectivity index (χ1n) is 10.5. The van der Waals surface area contributed by atoms with Crippen molar-refractivity contribution in [3.8, 4) is 23.0 Å². The van der Waals surface area contributed by atoms with Crippen LogP contribution in [0.1, 0.15) is 16.2 Å². The minimum atomic E-state index is -0.356. The maximum atomic E-state index is 13.1. The summed E-state index contributed by atoms with van der Waals surface area (Å²) in [6.45, 7) is 4.28. The maximum Gasteiger partial charge on any atom is 0.272 e. The van der Waals surface area contributed by atoms with Crippen LogP contribution in [0.2, 0.25) is 0 Å². The van der Waals surface area contributed by atoms with Crippen LogP contribution >= 0.6 is 0 Å². The van der Waals surface area contributed by atoms with Gasteiger partial charge in [-0.1, -0.05) is 0 Å². The third-order valence-corrected chi connectivity index (χ3v) is 5.42. The quantitative estimate of drug-likeness (QED) is 0.564. The summed E-state index contributed by atoms with van der Waals surface area (Å²) in [4.78, 5) is 25.6. The maximum absolute atomic E-state index is 13.1. The van der Waals surface area contributed by atoms with Crippen molar-refractivity contribution in [1.82, 2.24) is 14.9 Å². The van der Waals surface area contributed by atoms with E-state index >= 15 is 0 Å². The minimum absolute atomic E-state index is 0.185. The molecule has 0 radical (unpaired) electrons. The van der Waals surface area contributed by atoms with Gasteiger partial charge in [-0.15, -0.1) is 0 Å². The standard InChI is InChI=1S/C24H25FN4O4/c1-16-12-21(31-2)20(14-26-16)28-8-10-29(11-9-28)24(30)19-13-22(32-3)23(15-27-19)33-18-6-4-17(25)5-7-18/h4-7,12-15H,8-11H2,1-3H3. The number of rotatable bonds is 6. The smallest absolute Gasteiger partial charge is 0.272 e. The lowest BCUT2D eigenvalue weighted by Gasteiger charge is -2.36. The third kappa shape index (κ3) is 4.97. The van der Waals surface area contributed by atoms with Crippen LogP contribution in [-0.2, 0) is 0 Å². The molecule has 1 fully saturated rings. The molecule has 9 heteroatoms. The number of carbonyl (C=O) groups is 1. The van der Waals surface area contributed by atoms with Crippen molar-refractivity contribution in [1.29, 1.82) is 0 Å². The van der Waals surface area contributed by atoms with Gasteiger partial charge in [0.2, 0.25) is 0 Å². The molecule has 0 bridgehead atoms. The average molecular weight is 452 g/mol. The number of aromatic nitrogens is 2. The molecule has 4 rings (SSSR count). The van der Waals surface area contributed by atoms with Gasteiger partial charge in [0.25, 0.3) is 5.91 Å². The van der Waals surface area contributed by atoms with E-state index in [4.69, 9.17) is 14.2 Å². The summed E-state index contributed by atoms with van der Waals surface area (Å²) in [5, 5.41) is 0. The van der Waals surface area contributed by atoms with Crippen LogP contribution in [0.5, 0.6) is 23.0 Å². The number of nitrogens with zero attached hydrogens (tertiary/aromatic N) is 4. The van der Waals surface area contributed by atoms with Gasteiger partial charge in [0.05, 0.1) is 32.3 Å². The number of hydrogen-bond acceptors (Lipinski definition) is 7. The Kier molecular flexibility index (Phi) is 6.58. The molecule has 172 valence electrons. The van der Waals surface area contributed by atoms with Crippen molar-refractivity contribution in [2.75, 3.05) is 45.3 Å². The molecule has 1 aliphatic heterocycles. The lowest BCUT2D eigenvalue weighted by atomic mass is 10.2. The van der Waals surface area contributed by atoms with E-state index in [1.165, 1.54) is 37.6 Å². The number of ether oxygens (including phenoxy) is 3. The summed E-state index contributed by atoms with van der Waals surface area (Å²) in [5.41, 5.74) is 2.06. The van der Waals surface area contributed by atoms with Gasteiger partial charge in [0, 0.05) is 44.0 Å². The van der Waals surface area contributed by atoms with Gasteiger partial charge in [-0.25, -0.2) is 9.37 Å². The van der Waals surface area contributed by atoms with Crippen LogP contribution in [0.15, 0.2) is 48.8 Å². The lowest BCUT2D eigenvalue weighted by molar-refractivity contribution is 0.0740. The number of halogens is 1. The monoisotopic (exact) mass is 452 g/mol. The second kappa shape index (κ2) is 9.72. The van der Waals surface area contributed by atoms with Crippen LogP contribution in [0.4, 0.5) is 10.1 Å². The zero-order valence-corrected chi connectivity index (χ0v) is 18.7. The Labute approximate surface area is 191 Å². The second-order valence-corrected chi connectivity index (χ2v) is 7.55. The second-order valence-electron chi connectivity index (χ2n) is 7.55. The van der Waals surface area contributed by atoms with Crippen molar-refractivity contribution in [3.63, 3.8) is 0 Å². The van der Waals surface area contributed by atoms with E-state index in [2.05, 4.69) is 14.9 Å². The minimum Gasteiger partial charge on any atom is -0.494 e. The molecule has 33 heavy (non-hydrogen) atoms. The number of methoxy groups -OCH3 is 2. The van der Waals surface area contributed by atoms with Crippen molar-refractivity contribution < 1.29 is 23.4 Å². The Balaban J connectivity index is 1.44. The summed E-state index contributed by atoms with van der Waals surface area (Å²) in [6, 6.07) is 9.07. The molecule has 1 aromatic carbocycles. The van der Waals surface area contributed by atoms with Gasteiger partial charge in [0.15, 0.2) is 11.5 Å². The van der Waals surface area contributed by atoms with Crippen LogP contribution < -0.4 is 19.1 Å². The van der Waals surface area contributed by atoms with Gasteiger partial charge in [-0.3, -0.25) is 9.78 Å². The molecule has 0 spiro atoms. The van der Waals surface area contributed by atoms with E-state index in [0.717, 1.165) is 17.1 Å². The van der Waals surface area contributed by atoms with Crippen LogP contribution in [0, 0.1) is 12.7 Å². The highest BCUT2D eigenvalue weighted by atomic mass is 19.1. The lowest BCUT2D eigenvalue weighted by Crippen LogP contribution is -2.49. The van der Waals surface area contributed by atoms with E-state index in [1.807, 2.05) is 13.0 Å². The fourth-order valence-electron chi connectivity index (χ4n) is 3.65. The Hall–Kier alpha value is -3.88. The number of benzene rings is 1. The van der Waals surface area contributed by atoms with Gasteiger partial charge < -0.3 is 24.0 Å². The number of pyridine rings is 2. The predicted molar refractivity (Wildman–Crippen MR) is 121 cm³/mol. The summed E-state index contributed by atoms with van der Waals surface area (Å²) >= 11 is 0. The number of piperazine rings is 1. The fraction of sp³-hybridized carbons (Fsp3) is 0.292. The molecule has 1 aliphatic rings. The number of hydrogen-bond donors (Lipinski definition) is 0. The summed E-state index contributed by atoms with van der Waals surface area (Å²) in [7, 11) is 3.13. The molecule has 0 aliphatic carbocycles. The number of amides is 1. The molecule has 0 atom stereocenters. The largest absolute Gasteiger partial charge is 0.494 e. The molecule has 2 aromatic heterocycles. The average Bonchev–Trinajstić information content (AvgIpc) is 2.85. The highest BCUT2D eigenvalue weighted by molar-refractivity contribution is 5.93. The zero-order valence-electron chi connectivity index (χ0n) is 18.7. The van der Waals surface area contributed by atoms with Crippen molar-refractivity contribution in [3.05, 3.63) is 66.0 Å². The third-order valence-electron chi connectivity index (χ3n) is 5.42. The molecular formula is C24H25FN4O4. The molecule has 0 N–H and O–H groups in total. The Morgan fingerprint density at radius 2 is 1.61 bits per heavy atom. The summed E-state index contributed by atoms with van der Waals surface area (Å²) in [6.07, 6.45) is 3.24. The topological polar surface area (TPSA) is 77.0 Å². The van der Waals surface area contributed by atoms with Crippen molar-refractivity contribution >= 4 is 11.6 Å². The molecule has 1 amide bonds. The summed E-state index contributed by atoms with van der Waals surface area (Å²) < 4.78 is 29.7. The van der Waals surface area contributed by atoms with Gasteiger partial charge in [-0.05, 0) is 31.2 Å². The highest BCUT2D eigenvalue weighted by Crippen LogP contribution is 2.32. The first kappa shape index (κ1) is 22.3. The summed E-state index contributed by atoms with van der Waals surface area (Å²) in [5.74, 6) is 1.37. The van der Waals surface area contributed by atoms with E-state index in [0.29, 0.717) is 43.4 Å². The molecule has 1 saturated heterocycles. The van der Waals surface area contributed by atoms with Gasteiger partial charge in [0.1, 0.15) is 23.0 Å². The van der Waals surface area contributed by atoms with Crippen LogP contribution in [0.3, 0.4) is 0 Å². The Morgan fingerprint density at radius 1 is 0.909 bits per heavy atom. The SMILES string of the molecule is COc1cc(C(=O)N2CCN(c3cnc(C)cc3OC)CC2)ncc1Oc1ccc(F)cc1. The Bertz CT molecular complexity index is 1130. The van der Waals surface area contributed by atoms with Gasteiger partial charge in [-0.2, -0.15) is 0 Å². The number of anilines is 1. The van der Waals surface area contributed by atoms with Crippen molar-refractivity contribution in [2.24, 2.45) is 0 Å². The first-order chi connectivity index (χ1) is 16.0. The van der Waals surface area contributed by atoms with Crippen LogP contribution in [-0.4, -0.2) is 61.2 Å². The van der Waals surface area contributed by atoms with E-state index in [1.54, 1.807) is 24.3 Å². The molecule has 0 saturated carbocycles. The van der Waals surface area contributed by atoms with Crippen molar-refractivity contribution in [2.45, 2.75) is 6.92 Å². The number of aryl methyl sites for hydroxylation is 1. The predicted octanol–water partition coefficient (Wildman–Crippen LogP) is 3.70. The fourth-order valence-corrected chi connectivity index (χ4v) is 3.65. The molecule has 8 nitrogen and oxygen atoms in total. The van der Waals surface area contributed by atoms with E-state index in [9.17, 15) is 9.18 Å². The zero-order chi connectivity index (χ0) is 23.4. The number of carbonyl (C=O) groups excluding carboxylic acids is 1. The van der Waals surface area contributed by atoms with Crippen LogP contribution in [0.25, 0.3) is 0 Å². The van der Waals surface area contributed by atoms with E-state index in [-0.39, 0.29) is 17.4 Å². The normalized spacial score (nSPS) is 13.6. The van der Waals surface area contributed by atoms with Gasteiger partial charge >= 0.3 is 0 Å².